The summed E-state index contributed by atoms with van der Waals surface area (Å²) in [6, 6.07) is 7.98. The number of H-pyrrole nitrogens is 1. The van der Waals surface area contributed by atoms with E-state index in [0.717, 1.165) is 16.8 Å². The summed E-state index contributed by atoms with van der Waals surface area (Å²) in [6.45, 7) is 1.10. The first-order valence-electron chi connectivity index (χ1n) is 8.32. The lowest BCUT2D eigenvalue weighted by atomic mass is 10.1. The fourth-order valence-electron chi connectivity index (χ4n) is 3.06. The van der Waals surface area contributed by atoms with E-state index in [1.165, 1.54) is 0 Å². The Balaban J connectivity index is 1.43. The topological polar surface area (TPSA) is 103 Å². The van der Waals surface area contributed by atoms with E-state index < -0.39 is 0 Å². The number of hydrogen-bond acceptors (Lipinski definition) is 5. The van der Waals surface area contributed by atoms with Gasteiger partial charge >= 0.3 is 0 Å². The Labute approximate surface area is 150 Å². The number of hydrogen-bond donors (Lipinski definition) is 2. The molecule has 1 atom stereocenters. The Hall–Kier alpha value is -3.60. The van der Waals surface area contributed by atoms with Gasteiger partial charge in [-0.05, 0) is 24.1 Å². The third-order valence-electron chi connectivity index (χ3n) is 4.53. The zero-order valence-corrected chi connectivity index (χ0v) is 14.0. The van der Waals surface area contributed by atoms with Gasteiger partial charge < -0.3 is 14.8 Å². The van der Waals surface area contributed by atoms with Crippen LogP contribution in [-0.2, 0) is 4.79 Å². The highest BCUT2D eigenvalue weighted by Gasteiger charge is 2.28. The smallest absolute Gasteiger partial charge is 0.230 e. The molecule has 26 heavy (non-hydrogen) atoms. The van der Waals surface area contributed by atoms with Crippen LogP contribution in [0.5, 0.6) is 0 Å². The minimum atomic E-state index is -0.172. The molecule has 8 nitrogen and oxygen atoms in total. The number of nitrogens with one attached hydrogen (secondary N) is 2. The molecule has 0 spiro atoms. The van der Waals surface area contributed by atoms with Gasteiger partial charge in [0.1, 0.15) is 6.33 Å². The van der Waals surface area contributed by atoms with Crippen LogP contribution in [0.4, 0.5) is 5.82 Å². The van der Waals surface area contributed by atoms with Crippen molar-refractivity contribution in [3.8, 4) is 23.0 Å². The van der Waals surface area contributed by atoms with E-state index in [2.05, 4.69) is 26.7 Å². The normalized spacial score (nSPS) is 16.4. The molecule has 1 aliphatic rings. The number of nitrogens with zero attached hydrogens (tertiary/aromatic N) is 5. The van der Waals surface area contributed by atoms with E-state index in [1.807, 2.05) is 35.0 Å². The minimum absolute atomic E-state index is 0.0942. The van der Waals surface area contributed by atoms with Crippen molar-refractivity contribution >= 4 is 11.7 Å². The predicted octanol–water partition coefficient (Wildman–Crippen LogP) is 2.00. The second-order valence-corrected chi connectivity index (χ2v) is 6.22. The third kappa shape index (κ3) is 3.15. The number of benzene rings is 1. The maximum absolute atomic E-state index is 12.3. The molecule has 4 rings (SSSR count). The summed E-state index contributed by atoms with van der Waals surface area (Å²) >= 11 is 0. The van der Waals surface area contributed by atoms with E-state index in [4.69, 9.17) is 5.26 Å². The van der Waals surface area contributed by atoms with Crippen LogP contribution in [0.2, 0.25) is 0 Å². The van der Waals surface area contributed by atoms with E-state index >= 15 is 0 Å². The first kappa shape index (κ1) is 15.9. The standard InChI is InChI=1S/C18H17N7O/c19-11-24-6-5-14(9-24)18(26)23-17-10-25(12-20-17)16-3-1-13(2-4-16)15-7-21-22-8-15/h1-4,7-8,10,12,14H,5-6,9H2,(H,21,22)(H,23,26). The van der Waals surface area contributed by atoms with Crippen molar-refractivity contribution in [2.45, 2.75) is 6.42 Å². The highest BCUT2D eigenvalue weighted by Crippen LogP contribution is 2.21. The Morgan fingerprint density at radius 3 is 2.85 bits per heavy atom. The summed E-state index contributed by atoms with van der Waals surface area (Å²) in [5, 5.41) is 18.5. The van der Waals surface area contributed by atoms with Crippen molar-refractivity contribution in [2.24, 2.45) is 5.92 Å². The van der Waals surface area contributed by atoms with Gasteiger partial charge in [-0.1, -0.05) is 12.1 Å². The molecule has 0 radical (unpaired) electrons. The highest BCUT2D eigenvalue weighted by molar-refractivity contribution is 5.92. The number of amides is 1. The number of likely N-dealkylation sites (tertiary alicyclic amines) is 1. The summed E-state index contributed by atoms with van der Waals surface area (Å²) in [5.41, 5.74) is 3.04. The lowest BCUT2D eigenvalue weighted by molar-refractivity contribution is -0.119. The van der Waals surface area contributed by atoms with Crippen LogP contribution in [0.3, 0.4) is 0 Å². The molecule has 2 aromatic heterocycles. The molecule has 0 bridgehead atoms. The zero-order chi connectivity index (χ0) is 17.9. The third-order valence-corrected chi connectivity index (χ3v) is 4.53. The van der Waals surface area contributed by atoms with Crippen LogP contribution in [0.1, 0.15) is 6.42 Å². The first-order valence-corrected chi connectivity index (χ1v) is 8.32. The molecule has 1 unspecified atom stereocenters. The van der Waals surface area contributed by atoms with Crippen LogP contribution in [0.25, 0.3) is 16.8 Å². The number of imidazole rings is 1. The number of anilines is 1. The molecule has 0 saturated carbocycles. The molecule has 3 aromatic rings. The van der Waals surface area contributed by atoms with Crippen LogP contribution in [0, 0.1) is 17.4 Å². The summed E-state index contributed by atoms with van der Waals surface area (Å²) in [6.07, 6.45) is 9.83. The minimum Gasteiger partial charge on any atom is -0.310 e. The quantitative estimate of drug-likeness (QED) is 0.703. The molecule has 2 N–H and O–H groups in total. The fourth-order valence-corrected chi connectivity index (χ4v) is 3.06. The van der Waals surface area contributed by atoms with E-state index in [0.29, 0.717) is 25.3 Å². The summed E-state index contributed by atoms with van der Waals surface area (Å²) in [5.74, 6) is 0.238. The molecule has 1 amide bonds. The average Bonchev–Trinajstić information content (AvgIpc) is 3.42. The second kappa shape index (κ2) is 6.72. The number of aromatic amines is 1. The van der Waals surface area contributed by atoms with Crippen molar-refractivity contribution in [1.29, 1.82) is 5.26 Å². The molecular formula is C18H17N7O. The average molecular weight is 347 g/mol. The number of carbonyl (C=O) groups is 1. The first-order chi connectivity index (χ1) is 12.7. The molecule has 1 aromatic carbocycles. The maximum Gasteiger partial charge on any atom is 0.230 e. The van der Waals surface area contributed by atoms with Gasteiger partial charge in [0, 0.05) is 30.5 Å². The molecule has 1 aliphatic heterocycles. The van der Waals surface area contributed by atoms with Crippen LogP contribution in [0.15, 0.2) is 49.2 Å². The van der Waals surface area contributed by atoms with Gasteiger partial charge in [-0.3, -0.25) is 9.89 Å². The van der Waals surface area contributed by atoms with E-state index in [9.17, 15) is 4.79 Å². The molecule has 8 heteroatoms. The summed E-state index contributed by atoms with van der Waals surface area (Å²) in [4.78, 5) is 18.1. The van der Waals surface area contributed by atoms with Crippen LogP contribution < -0.4 is 5.32 Å². The van der Waals surface area contributed by atoms with Crippen LogP contribution >= 0.6 is 0 Å². The Morgan fingerprint density at radius 2 is 2.15 bits per heavy atom. The number of aromatic nitrogens is 4. The van der Waals surface area contributed by atoms with Crippen molar-refractivity contribution < 1.29 is 4.79 Å². The van der Waals surface area contributed by atoms with E-state index in [-0.39, 0.29) is 11.8 Å². The lowest BCUT2D eigenvalue weighted by Crippen LogP contribution is -2.25. The monoisotopic (exact) mass is 347 g/mol. The van der Waals surface area contributed by atoms with E-state index in [1.54, 1.807) is 23.6 Å². The number of carbonyl (C=O) groups excluding carboxylic acids is 1. The molecule has 1 fully saturated rings. The SMILES string of the molecule is N#CN1CCC(C(=O)Nc2cn(-c3ccc(-c4cn[nH]c4)cc3)cn2)C1. The zero-order valence-electron chi connectivity index (χ0n) is 14.0. The van der Waals surface area contributed by atoms with Gasteiger partial charge in [-0.15, -0.1) is 0 Å². The van der Waals surface area contributed by atoms with Gasteiger partial charge in [0.25, 0.3) is 0 Å². The Bertz CT molecular complexity index is 937. The van der Waals surface area contributed by atoms with Gasteiger partial charge in [-0.2, -0.15) is 10.4 Å². The van der Waals surface area contributed by atoms with Crippen molar-refractivity contribution in [3.63, 3.8) is 0 Å². The second-order valence-electron chi connectivity index (χ2n) is 6.22. The van der Waals surface area contributed by atoms with Crippen molar-refractivity contribution in [2.75, 3.05) is 18.4 Å². The van der Waals surface area contributed by atoms with Gasteiger partial charge in [-0.25, -0.2) is 4.98 Å². The van der Waals surface area contributed by atoms with Gasteiger partial charge in [0.15, 0.2) is 12.0 Å². The number of nitriles is 1. The summed E-state index contributed by atoms with van der Waals surface area (Å²) < 4.78 is 1.85. The largest absolute Gasteiger partial charge is 0.310 e. The Kier molecular flexibility index (Phi) is 4.11. The molecule has 0 aliphatic carbocycles. The van der Waals surface area contributed by atoms with Crippen molar-refractivity contribution in [1.82, 2.24) is 24.6 Å². The predicted molar refractivity (Wildman–Crippen MR) is 95.1 cm³/mol. The molecule has 130 valence electrons. The molecule has 3 heterocycles. The van der Waals surface area contributed by atoms with Gasteiger partial charge in [0.2, 0.25) is 5.91 Å². The maximum atomic E-state index is 12.3. The number of rotatable bonds is 4. The van der Waals surface area contributed by atoms with Crippen molar-refractivity contribution in [3.05, 3.63) is 49.2 Å². The molecule has 1 saturated heterocycles. The lowest BCUT2D eigenvalue weighted by Gasteiger charge is -2.08. The molecular weight excluding hydrogens is 330 g/mol. The fraction of sp³-hybridized carbons (Fsp3) is 0.222. The van der Waals surface area contributed by atoms with Gasteiger partial charge in [0.05, 0.1) is 18.3 Å². The van der Waals surface area contributed by atoms with Crippen LogP contribution in [-0.4, -0.2) is 43.6 Å². The highest BCUT2D eigenvalue weighted by atomic mass is 16.2. The Morgan fingerprint density at radius 1 is 1.31 bits per heavy atom. The summed E-state index contributed by atoms with van der Waals surface area (Å²) in [7, 11) is 0.